The second-order valence-electron chi connectivity index (χ2n) is 6.68. The molecule has 0 radical (unpaired) electrons. The molecule has 0 N–H and O–H groups in total. The van der Waals surface area contributed by atoms with Gasteiger partial charge in [-0.05, 0) is 37.0 Å². The van der Waals surface area contributed by atoms with Crippen LogP contribution >= 0.6 is 0 Å². The molecule has 2 rings (SSSR count). The van der Waals surface area contributed by atoms with Gasteiger partial charge in [-0.3, -0.25) is 9.59 Å². The van der Waals surface area contributed by atoms with E-state index < -0.39 is 9.84 Å². The highest BCUT2D eigenvalue weighted by Crippen LogP contribution is 2.15. The molecular weight excluding hydrogens is 340 g/mol. The molecular formula is C18H26N2O4S. The Balaban J connectivity index is 1.89. The van der Waals surface area contributed by atoms with Gasteiger partial charge in [0, 0.05) is 39.2 Å². The van der Waals surface area contributed by atoms with E-state index in [0.29, 0.717) is 17.5 Å². The van der Waals surface area contributed by atoms with Gasteiger partial charge in [-0.1, -0.05) is 12.1 Å². The van der Waals surface area contributed by atoms with E-state index >= 15 is 0 Å². The first-order chi connectivity index (χ1) is 11.8. The van der Waals surface area contributed by atoms with Gasteiger partial charge < -0.3 is 9.80 Å². The number of rotatable bonds is 7. The average Bonchev–Trinajstić information content (AvgIpc) is 3.08. The second kappa shape index (κ2) is 8.47. The lowest BCUT2D eigenvalue weighted by molar-refractivity contribution is -0.128. The normalized spacial score (nSPS) is 14.6. The van der Waals surface area contributed by atoms with Gasteiger partial charge in [-0.2, -0.15) is 0 Å². The van der Waals surface area contributed by atoms with Crippen molar-refractivity contribution in [3.05, 3.63) is 35.4 Å². The number of amides is 2. The minimum atomic E-state index is -3.27. The number of nitrogens with zero attached hydrogens (tertiary/aromatic N) is 2. The molecule has 0 aromatic heterocycles. The summed E-state index contributed by atoms with van der Waals surface area (Å²) in [6.07, 6.45) is 2.64. The molecule has 0 unspecified atom stereocenters. The van der Waals surface area contributed by atoms with Crippen molar-refractivity contribution < 1.29 is 18.0 Å². The Bertz CT molecular complexity index is 705. The van der Waals surface area contributed by atoms with E-state index in [-0.39, 0.29) is 29.7 Å². The van der Waals surface area contributed by atoms with E-state index in [4.69, 9.17) is 0 Å². The summed E-state index contributed by atoms with van der Waals surface area (Å²) < 4.78 is 24.4. The number of carbonyl (C=O) groups excluding carboxylic acids is 2. The van der Waals surface area contributed by atoms with Crippen LogP contribution in [0.2, 0.25) is 0 Å². The summed E-state index contributed by atoms with van der Waals surface area (Å²) in [6.45, 7) is 1.58. The zero-order valence-electron chi connectivity index (χ0n) is 14.9. The molecule has 138 valence electrons. The first kappa shape index (κ1) is 19.4. The number of hydrogen-bond donors (Lipinski definition) is 0. The highest BCUT2D eigenvalue weighted by Gasteiger charge is 2.20. The minimum Gasteiger partial charge on any atom is -0.349 e. The molecule has 1 fully saturated rings. The standard InChI is InChI=1S/C18H26N2O4S/c1-19(2)17(21)6-5-13-25(23,24)14-15-7-9-16(10-8-15)18(22)20-11-3-4-12-20/h7-10H,3-6,11-14H2,1-2H3. The number of benzene rings is 1. The smallest absolute Gasteiger partial charge is 0.253 e. The Morgan fingerprint density at radius 3 is 2.24 bits per heavy atom. The van der Waals surface area contributed by atoms with E-state index in [2.05, 4.69) is 0 Å². The van der Waals surface area contributed by atoms with Gasteiger partial charge in [0.05, 0.1) is 11.5 Å². The van der Waals surface area contributed by atoms with Crippen molar-refractivity contribution in [2.75, 3.05) is 32.9 Å². The van der Waals surface area contributed by atoms with E-state index in [9.17, 15) is 18.0 Å². The summed E-state index contributed by atoms with van der Waals surface area (Å²) in [4.78, 5) is 27.1. The maximum absolute atomic E-state index is 12.3. The Morgan fingerprint density at radius 1 is 1.08 bits per heavy atom. The predicted octanol–water partition coefficient (Wildman–Crippen LogP) is 1.71. The average molecular weight is 366 g/mol. The molecule has 0 saturated carbocycles. The van der Waals surface area contributed by atoms with Gasteiger partial charge >= 0.3 is 0 Å². The summed E-state index contributed by atoms with van der Waals surface area (Å²) >= 11 is 0. The third-order valence-corrected chi connectivity index (χ3v) is 6.01. The molecule has 0 aliphatic carbocycles. The van der Waals surface area contributed by atoms with E-state index in [1.807, 2.05) is 4.90 Å². The largest absolute Gasteiger partial charge is 0.349 e. The van der Waals surface area contributed by atoms with Gasteiger partial charge in [-0.25, -0.2) is 8.42 Å². The molecule has 25 heavy (non-hydrogen) atoms. The van der Waals surface area contributed by atoms with Gasteiger partial charge in [0.25, 0.3) is 5.91 Å². The van der Waals surface area contributed by atoms with Crippen molar-refractivity contribution in [2.45, 2.75) is 31.4 Å². The molecule has 6 nitrogen and oxygen atoms in total. The van der Waals surface area contributed by atoms with Crippen LogP contribution in [0.5, 0.6) is 0 Å². The molecule has 1 aliphatic heterocycles. The number of hydrogen-bond acceptors (Lipinski definition) is 4. The summed E-state index contributed by atoms with van der Waals surface area (Å²) in [5, 5.41) is 0. The Labute approximate surface area is 149 Å². The fourth-order valence-corrected chi connectivity index (χ4v) is 4.27. The third kappa shape index (κ3) is 5.85. The van der Waals surface area contributed by atoms with Gasteiger partial charge in [-0.15, -0.1) is 0 Å². The lowest BCUT2D eigenvalue weighted by atomic mass is 10.1. The van der Waals surface area contributed by atoms with Crippen LogP contribution in [0.25, 0.3) is 0 Å². The number of likely N-dealkylation sites (tertiary alicyclic amines) is 1. The van der Waals surface area contributed by atoms with Gasteiger partial charge in [0.1, 0.15) is 0 Å². The Kier molecular flexibility index (Phi) is 6.58. The topological polar surface area (TPSA) is 74.8 Å². The predicted molar refractivity (Wildman–Crippen MR) is 97.0 cm³/mol. The highest BCUT2D eigenvalue weighted by molar-refractivity contribution is 7.90. The SMILES string of the molecule is CN(C)C(=O)CCCS(=O)(=O)Cc1ccc(C(=O)N2CCCC2)cc1. The lowest BCUT2D eigenvalue weighted by Crippen LogP contribution is -2.27. The first-order valence-electron chi connectivity index (χ1n) is 8.57. The van der Waals surface area contributed by atoms with Crippen molar-refractivity contribution in [1.82, 2.24) is 9.80 Å². The Hall–Kier alpha value is -1.89. The van der Waals surface area contributed by atoms with E-state index in [0.717, 1.165) is 25.9 Å². The molecule has 1 aromatic carbocycles. The zero-order valence-corrected chi connectivity index (χ0v) is 15.7. The van der Waals surface area contributed by atoms with Crippen molar-refractivity contribution in [2.24, 2.45) is 0 Å². The molecule has 7 heteroatoms. The van der Waals surface area contributed by atoms with Crippen LogP contribution in [0.15, 0.2) is 24.3 Å². The first-order valence-corrected chi connectivity index (χ1v) is 10.4. The molecule has 1 saturated heterocycles. The fourth-order valence-electron chi connectivity index (χ4n) is 2.84. The van der Waals surface area contributed by atoms with Gasteiger partial charge in [0.2, 0.25) is 5.91 Å². The zero-order chi connectivity index (χ0) is 18.4. The van der Waals surface area contributed by atoms with Crippen LogP contribution in [-0.2, 0) is 20.4 Å². The monoisotopic (exact) mass is 366 g/mol. The molecule has 1 heterocycles. The maximum Gasteiger partial charge on any atom is 0.253 e. The number of sulfone groups is 1. The fraction of sp³-hybridized carbons (Fsp3) is 0.556. The third-order valence-electron chi connectivity index (χ3n) is 4.33. The van der Waals surface area contributed by atoms with E-state index in [1.54, 1.807) is 38.4 Å². The second-order valence-corrected chi connectivity index (χ2v) is 8.86. The van der Waals surface area contributed by atoms with Crippen LogP contribution in [0.3, 0.4) is 0 Å². The lowest BCUT2D eigenvalue weighted by Gasteiger charge is -2.15. The molecule has 0 bridgehead atoms. The van der Waals surface area contributed by atoms with Crippen molar-refractivity contribution in [3.8, 4) is 0 Å². The molecule has 1 aromatic rings. The van der Waals surface area contributed by atoms with Crippen LogP contribution in [0.1, 0.15) is 41.6 Å². The van der Waals surface area contributed by atoms with E-state index in [1.165, 1.54) is 4.90 Å². The molecule has 2 amide bonds. The van der Waals surface area contributed by atoms with Crippen LogP contribution < -0.4 is 0 Å². The van der Waals surface area contributed by atoms with Crippen LogP contribution in [0, 0.1) is 0 Å². The van der Waals surface area contributed by atoms with Crippen molar-refractivity contribution >= 4 is 21.7 Å². The molecule has 0 atom stereocenters. The number of carbonyl (C=O) groups is 2. The summed E-state index contributed by atoms with van der Waals surface area (Å²) in [6, 6.07) is 6.79. The summed E-state index contributed by atoms with van der Waals surface area (Å²) in [5.41, 5.74) is 1.26. The molecule has 0 spiro atoms. The Morgan fingerprint density at radius 2 is 1.68 bits per heavy atom. The van der Waals surface area contributed by atoms with Gasteiger partial charge in [0.15, 0.2) is 9.84 Å². The maximum atomic E-state index is 12.3. The highest BCUT2D eigenvalue weighted by atomic mass is 32.2. The van der Waals surface area contributed by atoms with Crippen molar-refractivity contribution in [3.63, 3.8) is 0 Å². The van der Waals surface area contributed by atoms with Crippen LogP contribution in [0.4, 0.5) is 0 Å². The minimum absolute atomic E-state index is 0.00843. The van der Waals surface area contributed by atoms with Crippen LogP contribution in [-0.4, -0.2) is 63.0 Å². The summed E-state index contributed by atoms with van der Waals surface area (Å²) in [7, 11) is 0.0383. The summed E-state index contributed by atoms with van der Waals surface area (Å²) in [5.74, 6) is -0.142. The molecule has 1 aliphatic rings. The quantitative estimate of drug-likeness (QED) is 0.736. The van der Waals surface area contributed by atoms with Crippen molar-refractivity contribution in [1.29, 1.82) is 0 Å².